The lowest BCUT2D eigenvalue weighted by Crippen LogP contribution is -2.41. The van der Waals surface area contributed by atoms with Gasteiger partial charge in [-0.2, -0.15) is 0 Å². The van der Waals surface area contributed by atoms with Gasteiger partial charge in [-0.15, -0.1) is 0 Å². The summed E-state index contributed by atoms with van der Waals surface area (Å²) in [6, 6.07) is 7.39. The molecule has 0 bridgehead atoms. The van der Waals surface area contributed by atoms with Crippen LogP contribution in [0.25, 0.3) is 0 Å². The minimum absolute atomic E-state index is 0.235. The Balaban J connectivity index is 1.96. The molecule has 2 amide bonds. The van der Waals surface area contributed by atoms with Crippen LogP contribution in [0.3, 0.4) is 0 Å². The van der Waals surface area contributed by atoms with Crippen LogP contribution in [0.5, 0.6) is 5.75 Å². The van der Waals surface area contributed by atoms with Crippen LogP contribution in [-0.4, -0.2) is 36.4 Å². The van der Waals surface area contributed by atoms with Crippen molar-refractivity contribution in [3.05, 3.63) is 58.1 Å². The number of benzene rings is 2. The monoisotopic (exact) mass is 430 g/mol. The first-order valence-electron chi connectivity index (χ1n) is 8.40. The molecule has 9 heteroatoms. The van der Waals surface area contributed by atoms with Crippen molar-refractivity contribution in [3.63, 3.8) is 0 Å². The third-order valence-corrected chi connectivity index (χ3v) is 4.18. The van der Waals surface area contributed by atoms with Gasteiger partial charge in [0.2, 0.25) is 5.91 Å². The predicted molar refractivity (Wildman–Crippen MR) is 104 cm³/mol. The zero-order valence-electron chi connectivity index (χ0n) is 15.0. The van der Waals surface area contributed by atoms with Crippen LogP contribution >= 0.6 is 23.2 Å². The normalized spacial score (nSPS) is 10.5. The number of nitrogens with one attached hydrogen (secondary N) is 1. The van der Waals surface area contributed by atoms with Crippen molar-refractivity contribution < 1.29 is 23.1 Å². The second-order valence-electron chi connectivity index (χ2n) is 5.85. The lowest BCUT2D eigenvalue weighted by atomic mass is 10.3. The minimum atomic E-state index is -0.912. The molecular formula is C19H18Cl2F2N2O3. The van der Waals surface area contributed by atoms with E-state index in [0.717, 1.165) is 12.1 Å². The van der Waals surface area contributed by atoms with E-state index in [4.69, 9.17) is 27.9 Å². The predicted octanol–water partition coefficient (Wildman–Crippen LogP) is 4.53. The highest BCUT2D eigenvalue weighted by molar-refractivity contribution is 6.36. The van der Waals surface area contributed by atoms with Crippen molar-refractivity contribution in [3.8, 4) is 5.75 Å². The van der Waals surface area contributed by atoms with E-state index in [2.05, 4.69) is 5.32 Å². The second kappa shape index (κ2) is 10.2. The van der Waals surface area contributed by atoms with Gasteiger partial charge in [0.1, 0.15) is 5.82 Å². The molecule has 0 aromatic heterocycles. The maximum atomic E-state index is 13.6. The maximum Gasteiger partial charge on any atom is 0.260 e. The Labute approximate surface area is 171 Å². The first-order valence-corrected chi connectivity index (χ1v) is 9.16. The minimum Gasteiger partial charge on any atom is -0.481 e. The molecule has 0 heterocycles. The summed E-state index contributed by atoms with van der Waals surface area (Å²) < 4.78 is 31.6. The van der Waals surface area contributed by atoms with Crippen molar-refractivity contribution in [2.45, 2.75) is 13.3 Å². The topological polar surface area (TPSA) is 58.6 Å². The summed E-state index contributed by atoms with van der Waals surface area (Å²) in [5.41, 5.74) is 0.365. The molecular weight excluding hydrogens is 413 g/mol. The quantitative estimate of drug-likeness (QED) is 0.669. The second-order valence-corrected chi connectivity index (χ2v) is 6.69. The zero-order chi connectivity index (χ0) is 20.7. The molecule has 5 nitrogen and oxygen atoms in total. The number of carbonyl (C=O) groups excluding carboxylic acids is 2. The number of halogens is 4. The third-order valence-electron chi connectivity index (χ3n) is 3.63. The smallest absolute Gasteiger partial charge is 0.260 e. The zero-order valence-corrected chi connectivity index (χ0v) is 16.5. The van der Waals surface area contributed by atoms with Gasteiger partial charge in [0, 0.05) is 17.6 Å². The fourth-order valence-electron chi connectivity index (χ4n) is 2.34. The lowest BCUT2D eigenvalue weighted by molar-refractivity contribution is -0.136. The Hall–Kier alpha value is -2.38. The number of ether oxygens (including phenoxy) is 1. The molecule has 0 aliphatic rings. The van der Waals surface area contributed by atoms with Crippen LogP contribution in [0.4, 0.5) is 14.5 Å². The SMILES string of the molecule is CCCN(CC(=O)Nc1ccc(Cl)cc1Cl)C(=O)COc1ccc(F)cc1F. The third kappa shape index (κ3) is 6.35. The fourth-order valence-corrected chi connectivity index (χ4v) is 2.79. The van der Waals surface area contributed by atoms with Crippen LogP contribution in [0.2, 0.25) is 10.0 Å². The first-order chi connectivity index (χ1) is 13.3. The van der Waals surface area contributed by atoms with Gasteiger partial charge < -0.3 is 15.0 Å². The van der Waals surface area contributed by atoms with Crippen molar-refractivity contribution in [2.24, 2.45) is 0 Å². The highest BCUT2D eigenvalue weighted by Gasteiger charge is 2.18. The summed E-state index contributed by atoms with van der Waals surface area (Å²) in [6.45, 7) is 1.42. The molecule has 0 aliphatic carbocycles. The molecule has 2 aromatic carbocycles. The molecule has 0 spiro atoms. The largest absolute Gasteiger partial charge is 0.481 e. The molecule has 1 N–H and O–H groups in total. The Morgan fingerprint density at radius 1 is 1.14 bits per heavy atom. The van der Waals surface area contributed by atoms with Crippen LogP contribution in [-0.2, 0) is 9.59 Å². The number of anilines is 1. The summed E-state index contributed by atoms with van der Waals surface area (Å²) >= 11 is 11.8. The summed E-state index contributed by atoms with van der Waals surface area (Å²) in [6.07, 6.45) is 0.603. The molecule has 0 saturated heterocycles. The highest BCUT2D eigenvalue weighted by Crippen LogP contribution is 2.25. The van der Waals surface area contributed by atoms with Gasteiger partial charge in [-0.25, -0.2) is 8.78 Å². The van der Waals surface area contributed by atoms with Crippen molar-refractivity contribution in [1.29, 1.82) is 0 Å². The molecule has 0 fully saturated rings. The summed E-state index contributed by atoms with van der Waals surface area (Å²) in [4.78, 5) is 25.9. The molecule has 2 aromatic rings. The molecule has 0 saturated carbocycles. The standard InChI is InChI=1S/C19H18Cl2F2N2O3/c1-2-7-25(10-18(26)24-16-5-3-12(20)8-14(16)21)19(27)11-28-17-6-4-13(22)9-15(17)23/h3-6,8-9H,2,7,10-11H2,1H3,(H,24,26). The van der Waals surface area contributed by atoms with E-state index in [1.807, 2.05) is 6.92 Å². The average Bonchev–Trinajstić information content (AvgIpc) is 2.63. The van der Waals surface area contributed by atoms with Crippen LogP contribution < -0.4 is 10.1 Å². The molecule has 0 atom stereocenters. The van der Waals surface area contributed by atoms with E-state index in [9.17, 15) is 18.4 Å². The van der Waals surface area contributed by atoms with Gasteiger partial charge in [-0.05, 0) is 36.8 Å². The van der Waals surface area contributed by atoms with Gasteiger partial charge in [0.25, 0.3) is 5.91 Å². The average molecular weight is 431 g/mol. The van der Waals surface area contributed by atoms with Gasteiger partial charge >= 0.3 is 0 Å². The molecule has 2 rings (SSSR count). The van der Waals surface area contributed by atoms with Gasteiger partial charge in [-0.3, -0.25) is 9.59 Å². The molecule has 0 aliphatic heterocycles. The molecule has 0 unspecified atom stereocenters. The number of nitrogens with zero attached hydrogens (tertiary/aromatic N) is 1. The Morgan fingerprint density at radius 3 is 2.54 bits per heavy atom. The first kappa shape index (κ1) is 21.9. The lowest BCUT2D eigenvalue weighted by Gasteiger charge is -2.22. The summed E-state index contributed by atoms with van der Waals surface area (Å²) in [5, 5.41) is 3.30. The van der Waals surface area contributed by atoms with Crippen LogP contribution in [0.15, 0.2) is 36.4 Å². The number of hydrogen-bond acceptors (Lipinski definition) is 3. The van der Waals surface area contributed by atoms with E-state index < -0.39 is 30.1 Å². The van der Waals surface area contributed by atoms with Gasteiger partial charge in [0.15, 0.2) is 18.2 Å². The van der Waals surface area contributed by atoms with Crippen LogP contribution in [0, 0.1) is 11.6 Å². The molecule has 0 radical (unpaired) electrons. The van der Waals surface area contributed by atoms with E-state index in [-0.39, 0.29) is 17.3 Å². The number of rotatable bonds is 8. The van der Waals surface area contributed by atoms with E-state index in [1.54, 1.807) is 12.1 Å². The number of hydrogen-bond donors (Lipinski definition) is 1. The van der Waals surface area contributed by atoms with E-state index in [0.29, 0.717) is 29.7 Å². The Morgan fingerprint density at radius 2 is 1.89 bits per heavy atom. The van der Waals surface area contributed by atoms with E-state index >= 15 is 0 Å². The summed E-state index contributed by atoms with van der Waals surface area (Å²) in [5.74, 6) is -2.88. The Bertz CT molecular complexity index is 865. The van der Waals surface area contributed by atoms with Gasteiger partial charge in [0.05, 0.1) is 17.3 Å². The van der Waals surface area contributed by atoms with Crippen LogP contribution in [0.1, 0.15) is 13.3 Å². The molecule has 150 valence electrons. The van der Waals surface area contributed by atoms with Crippen molar-refractivity contribution >= 4 is 40.7 Å². The number of amides is 2. The Kier molecular flexibility index (Phi) is 8.02. The van der Waals surface area contributed by atoms with Gasteiger partial charge in [-0.1, -0.05) is 30.1 Å². The summed E-state index contributed by atoms with van der Waals surface area (Å²) in [7, 11) is 0. The fraction of sp³-hybridized carbons (Fsp3) is 0.263. The maximum absolute atomic E-state index is 13.6. The van der Waals surface area contributed by atoms with Crippen molar-refractivity contribution in [1.82, 2.24) is 4.90 Å². The number of carbonyl (C=O) groups is 2. The van der Waals surface area contributed by atoms with Crippen molar-refractivity contribution in [2.75, 3.05) is 25.0 Å². The van der Waals surface area contributed by atoms with E-state index in [1.165, 1.54) is 11.0 Å². The molecule has 28 heavy (non-hydrogen) atoms. The highest BCUT2D eigenvalue weighted by atomic mass is 35.5.